The van der Waals surface area contributed by atoms with E-state index in [-0.39, 0.29) is 18.7 Å². The number of fused-ring (bicyclic) bond motifs is 1. The predicted octanol–water partition coefficient (Wildman–Crippen LogP) is 3.05. The van der Waals surface area contributed by atoms with E-state index in [0.717, 1.165) is 30.2 Å². The van der Waals surface area contributed by atoms with E-state index in [1.807, 2.05) is 18.2 Å². The Kier molecular flexibility index (Phi) is 4.72. The van der Waals surface area contributed by atoms with Gasteiger partial charge in [0.25, 0.3) is 0 Å². The Hall–Kier alpha value is -2.31. The molecule has 0 spiro atoms. The largest absolute Gasteiger partial charge is 0.454 e. The van der Waals surface area contributed by atoms with E-state index in [0.29, 0.717) is 6.54 Å². The molecular weight excluding hydrogens is 336 g/mol. The summed E-state index contributed by atoms with van der Waals surface area (Å²) in [5.74, 6) is 1.38. The highest BCUT2D eigenvalue weighted by atomic mass is 32.1. The molecular formula is C19H20N2O3S. The highest BCUT2D eigenvalue weighted by Gasteiger charge is 2.25. The minimum Gasteiger partial charge on any atom is -0.454 e. The van der Waals surface area contributed by atoms with Gasteiger partial charge < -0.3 is 14.8 Å². The first-order valence-corrected chi connectivity index (χ1v) is 9.35. The fourth-order valence-electron chi connectivity index (χ4n) is 3.02. The standard InChI is InChI=1S/C19H20N2O3S/c22-19(5-3-14-2-4-17-18(10-14)24-13-23-17)20-11-16(21-7-1-8-21)15-6-9-25-12-15/h2-6,9-10,12,16H,1,7-8,11,13H2,(H,20,22). The number of carbonyl (C=O) groups excluding carboxylic acids is 1. The zero-order valence-corrected chi connectivity index (χ0v) is 14.6. The topological polar surface area (TPSA) is 50.8 Å². The molecule has 1 aromatic carbocycles. The van der Waals surface area contributed by atoms with E-state index < -0.39 is 0 Å². The Morgan fingerprint density at radius 2 is 2.16 bits per heavy atom. The number of rotatable bonds is 6. The van der Waals surface area contributed by atoms with Gasteiger partial charge in [-0.25, -0.2) is 0 Å². The summed E-state index contributed by atoms with van der Waals surface area (Å²) in [6.07, 6.45) is 4.59. The molecule has 1 atom stereocenters. The number of thiophene rings is 1. The summed E-state index contributed by atoms with van der Waals surface area (Å²) < 4.78 is 10.6. The van der Waals surface area contributed by atoms with Gasteiger partial charge in [-0.15, -0.1) is 0 Å². The van der Waals surface area contributed by atoms with E-state index in [1.54, 1.807) is 23.5 Å². The molecule has 0 aliphatic carbocycles. The second kappa shape index (κ2) is 7.29. The van der Waals surface area contributed by atoms with Crippen LogP contribution in [-0.2, 0) is 4.79 Å². The lowest BCUT2D eigenvalue weighted by Crippen LogP contribution is -2.44. The molecule has 2 aliphatic rings. The lowest BCUT2D eigenvalue weighted by Gasteiger charge is -2.38. The summed E-state index contributed by atoms with van der Waals surface area (Å²) in [6, 6.07) is 8.05. The van der Waals surface area contributed by atoms with Crippen molar-refractivity contribution >= 4 is 23.3 Å². The van der Waals surface area contributed by atoms with E-state index in [9.17, 15) is 4.79 Å². The lowest BCUT2D eigenvalue weighted by molar-refractivity contribution is -0.116. The first kappa shape index (κ1) is 16.2. The molecule has 0 bridgehead atoms. The molecule has 1 fully saturated rings. The van der Waals surface area contributed by atoms with Crippen LogP contribution in [0.4, 0.5) is 0 Å². The smallest absolute Gasteiger partial charge is 0.244 e. The van der Waals surface area contributed by atoms with Crippen LogP contribution in [0.3, 0.4) is 0 Å². The molecule has 0 radical (unpaired) electrons. The van der Waals surface area contributed by atoms with Crippen molar-refractivity contribution in [3.8, 4) is 11.5 Å². The Labute approximate surface area is 150 Å². The van der Waals surface area contributed by atoms with Crippen LogP contribution in [0, 0.1) is 0 Å². The molecule has 1 saturated heterocycles. The summed E-state index contributed by atoms with van der Waals surface area (Å²) in [5, 5.41) is 7.28. The monoisotopic (exact) mass is 356 g/mol. The SMILES string of the molecule is O=C(C=Cc1ccc2c(c1)OCO2)NCC(c1ccsc1)N1CCC1. The Balaban J connectivity index is 1.35. The van der Waals surface area contributed by atoms with Crippen LogP contribution in [0.2, 0.25) is 0 Å². The van der Waals surface area contributed by atoms with Crippen LogP contribution < -0.4 is 14.8 Å². The summed E-state index contributed by atoms with van der Waals surface area (Å²) in [4.78, 5) is 14.6. The van der Waals surface area contributed by atoms with Crippen molar-refractivity contribution in [1.29, 1.82) is 0 Å². The van der Waals surface area contributed by atoms with Gasteiger partial charge in [-0.3, -0.25) is 9.69 Å². The predicted molar refractivity (Wildman–Crippen MR) is 97.9 cm³/mol. The van der Waals surface area contributed by atoms with Crippen molar-refractivity contribution in [1.82, 2.24) is 10.2 Å². The van der Waals surface area contributed by atoms with E-state index in [2.05, 4.69) is 27.0 Å². The van der Waals surface area contributed by atoms with Gasteiger partial charge in [0.05, 0.1) is 6.04 Å². The molecule has 25 heavy (non-hydrogen) atoms. The number of ether oxygens (including phenoxy) is 2. The van der Waals surface area contributed by atoms with Gasteiger partial charge >= 0.3 is 0 Å². The third-order valence-electron chi connectivity index (χ3n) is 4.55. The number of hydrogen-bond acceptors (Lipinski definition) is 5. The molecule has 1 amide bonds. The zero-order valence-electron chi connectivity index (χ0n) is 13.8. The van der Waals surface area contributed by atoms with Gasteiger partial charge in [0.2, 0.25) is 12.7 Å². The van der Waals surface area contributed by atoms with Crippen LogP contribution in [0.15, 0.2) is 41.1 Å². The molecule has 4 rings (SSSR count). The Bertz CT molecular complexity index is 769. The van der Waals surface area contributed by atoms with Crippen molar-refractivity contribution in [2.24, 2.45) is 0 Å². The van der Waals surface area contributed by atoms with Crippen molar-refractivity contribution < 1.29 is 14.3 Å². The molecule has 0 saturated carbocycles. The summed E-state index contributed by atoms with van der Waals surface area (Å²) in [5.41, 5.74) is 2.20. The molecule has 5 nitrogen and oxygen atoms in total. The minimum absolute atomic E-state index is 0.0848. The van der Waals surface area contributed by atoms with E-state index in [4.69, 9.17) is 9.47 Å². The van der Waals surface area contributed by atoms with Crippen molar-refractivity contribution in [3.63, 3.8) is 0 Å². The molecule has 1 unspecified atom stereocenters. The summed E-state index contributed by atoms with van der Waals surface area (Å²) in [6.45, 7) is 3.08. The molecule has 1 N–H and O–H groups in total. The first-order valence-electron chi connectivity index (χ1n) is 8.41. The number of amides is 1. The van der Waals surface area contributed by atoms with Crippen LogP contribution in [0.5, 0.6) is 11.5 Å². The fraction of sp³-hybridized carbons (Fsp3) is 0.316. The zero-order chi connectivity index (χ0) is 17.1. The Morgan fingerprint density at radius 3 is 2.92 bits per heavy atom. The van der Waals surface area contributed by atoms with Gasteiger partial charge in [-0.1, -0.05) is 6.07 Å². The number of benzene rings is 1. The van der Waals surface area contributed by atoms with Crippen LogP contribution >= 0.6 is 11.3 Å². The maximum absolute atomic E-state index is 12.2. The maximum Gasteiger partial charge on any atom is 0.244 e. The summed E-state index contributed by atoms with van der Waals surface area (Å²) >= 11 is 1.70. The average molecular weight is 356 g/mol. The number of nitrogens with zero attached hydrogens (tertiary/aromatic N) is 1. The molecule has 1 aromatic heterocycles. The second-order valence-electron chi connectivity index (χ2n) is 6.15. The van der Waals surface area contributed by atoms with Crippen LogP contribution in [-0.4, -0.2) is 37.2 Å². The van der Waals surface area contributed by atoms with Crippen molar-refractivity contribution in [2.45, 2.75) is 12.5 Å². The van der Waals surface area contributed by atoms with Gasteiger partial charge in [0.15, 0.2) is 11.5 Å². The second-order valence-corrected chi connectivity index (χ2v) is 6.93. The molecule has 3 heterocycles. The average Bonchev–Trinajstić information content (AvgIpc) is 3.25. The molecule has 2 aliphatic heterocycles. The molecule has 2 aromatic rings. The van der Waals surface area contributed by atoms with Gasteiger partial charge in [0.1, 0.15) is 0 Å². The summed E-state index contributed by atoms with van der Waals surface area (Å²) in [7, 11) is 0. The van der Waals surface area contributed by atoms with Crippen LogP contribution in [0.25, 0.3) is 6.08 Å². The highest BCUT2D eigenvalue weighted by Crippen LogP contribution is 2.32. The van der Waals surface area contributed by atoms with E-state index in [1.165, 1.54) is 12.0 Å². The van der Waals surface area contributed by atoms with Crippen molar-refractivity contribution in [2.75, 3.05) is 26.4 Å². The first-order chi connectivity index (χ1) is 12.3. The molecule has 130 valence electrons. The molecule has 6 heteroatoms. The van der Waals surface area contributed by atoms with Gasteiger partial charge in [-0.05, 0) is 52.6 Å². The van der Waals surface area contributed by atoms with Crippen LogP contribution in [0.1, 0.15) is 23.6 Å². The minimum atomic E-state index is -0.0848. The lowest BCUT2D eigenvalue weighted by atomic mass is 10.0. The van der Waals surface area contributed by atoms with Gasteiger partial charge in [-0.2, -0.15) is 11.3 Å². The number of carbonyl (C=O) groups is 1. The maximum atomic E-state index is 12.2. The van der Waals surface area contributed by atoms with E-state index >= 15 is 0 Å². The third kappa shape index (κ3) is 3.70. The van der Waals surface area contributed by atoms with Crippen molar-refractivity contribution in [3.05, 3.63) is 52.2 Å². The fourth-order valence-corrected chi connectivity index (χ4v) is 3.73. The normalized spacial score (nSPS) is 17.4. The number of likely N-dealkylation sites (tertiary alicyclic amines) is 1. The quantitative estimate of drug-likeness (QED) is 0.809. The third-order valence-corrected chi connectivity index (χ3v) is 5.25. The highest BCUT2D eigenvalue weighted by molar-refractivity contribution is 7.07. The number of hydrogen-bond donors (Lipinski definition) is 1. The number of nitrogens with one attached hydrogen (secondary N) is 1. The Morgan fingerprint density at radius 1 is 1.28 bits per heavy atom. The van der Waals surface area contributed by atoms with Gasteiger partial charge in [0, 0.05) is 25.7 Å².